The van der Waals surface area contributed by atoms with E-state index in [2.05, 4.69) is 21.2 Å². The lowest BCUT2D eigenvalue weighted by Crippen LogP contribution is -2.12. The number of aryl methyl sites for hydroxylation is 1. The van der Waals surface area contributed by atoms with Crippen molar-refractivity contribution in [2.45, 2.75) is 6.92 Å². The van der Waals surface area contributed by atoms with E-state index in [0.717, 1.165) is 11.1 Å². The summed E-state index contributed by atoms with van der Waals surface area (Å²) in [6, 6.07) is 15.3. The maximum atomic E-state index is 12.2. The number of methoxy groups -OCH3 is 1. The van der Waals surface area contributed by atoms with Gasteiger partial charge in [-0.1, -0.05) is 36.4 Å². The van der Waals surface area contributed by atoms with E-state index in [9.17, 15) is 4.79 Å². The average molecular weight is 346 g/mol. The van der Waals surface area contributed by atoms with Crippen LogP contribution in [0.15, 0.2) is 53.0 Å². The molecule has 1 N–H and O–H groups in total. The molecular formula is C17H16BrNO2. The summed E-state index contributed by atoms with van der Waals surface area (Å²) in [4.78, 5) is 12.2. The first-order valence-corrected chi connectivity index (χ1v) is 7.27. The fourth-order valence-corrected chi connectivity index (χ4v) is 2.23. The van der Waals surface area contributed by atoms with Gasteiger partial charge in [0.05, 0.1) is 17.3 Å². The lowest BCUT2D eigenvalue weighted by Gasteiger charge is -2.10. The van der Waals surface area contributed by atoms with Gasteiger partial charge in [0.1, 0.15) is 5.75 Å². The van der Waals surface area contributed by atoms with Crippen LogP contribution in [-0.4, -0.2) is 13.0 Å². The molecule has 0 aromatic heterocycles. The zero-order valence-corrected chi connectivity index (χ0v) is 13.5. The zero-order chi connectivity index (χ0) is 15.2. The van der Waals surface area contributed by atoms with E-state index >= 15 is 0 Å². The molecule has 0 unspecified atom stereocenters. The van der Waals surface area contributed by atoms with Gasteiger partial charge in [-0.3, -0.25) is 4.79 Å². The third-order valence-electron chi connectivity index (χ3n) is 2.91. The average Bonchev–Trinajstić information content (AvgIpc) is 2.48. The van der Waals surface area contributed by atoms with Gasteiger partial charge in [0.2, 0.25) is 0 Å². The number of hydrogen-bond acceptors (Lipinski definition) is 2. The summed E-state index contributed by atoms with van der Waals surface area (Å²) in [5.74, 6) is 0.414. The Morgan fingerprint density at radius 1 is 1.19 bits per heavy atom. The largest absolute Gasteiger partial charge is 0.495 e. The van der Waals surface area contributed by atoms with Crippen LogP contribution in [0.25, 0.3) is 6.08 Å². The van der Waals surface area contributed by atoms with Crippen LogP contribution in [-0.2, 0) is 4.79 Å². The second kappa shape index (κ2) is 7.09. The van der Waals surface area contributed by atoms with E-state index in [-0.39, 0.29) is 5.91 Å². The number of anilines is 1. The predicted molar refractivity (Wildman–Crippen MR) is 89.7 cm³/mol. The molecule has 1 amide bonds. The van der Waals surface area contributed by atoms with Gasteiger partial charge in [-0.15, -0.1) is 0 Å². The Morgan fingerprint density at radius 2 is 1.90 bits per heavy atom. The SMILES string of the molecule is COc1ccc(C)cc1NC(=O)/C(Br)=C/c1ccccc1. The van der Waals surface area contributed by atoms with Crippen LogP contribution < -0.4 is 10.1 Å². The number of hydrogen-bond donors (Lipinski definition) is 1. The summed E-state index contributed by atoms with van der Waals surface area (Å²) < 4.78 is 5.71. The molecule has 108 valence electrons. The number of amides is 1. The molecule has 2 aromatic rings. The first kappa shape index (κ1) is 15.3. The van der Waals surface area contributed by atoms with Crippen molar-refractivity contribution < 1.29 is 9.53 Å². The molecule has 2 aromatic carbocycles. The molecule has 0 aliphatic rings. The van der Waals surface area contributed by atoms with E-state index < -0.39 is 0 Å². The Labute approximate surface area is 132 Å². The van der Waals surface area contributed by atoms with Crippen LogP contribution in [0.3, 0.4) is 0 Å². The van der Waals surface area contributed by atoms with Crippen LogP contribution in [0.5, 0.6) is 5.75 Å². The van der Waals surface area contributed by atoms with Crippen LogP contribution in [0, 0.1) is 6.92 Å². The van der Waals surface area contributed by atoms with Gasteiger partial charge in [0.15, 0.2) is 0 Å². The minimum Gasteiger partial charge on any atom is -0.495 e. The molecule has 0 spiro atoms. The Hall–Kier alpha value is -2.07. The lowest BCUT2D eigenvalue weighted by atomic mass is 10.2. The second-order valence-corrected chi connectivity index (χ2v) is 5.42. The molecule has 0 aliphatic carbocycles. The molecule has 3 nitrogen and oxygen atoms in total. The van der Waals surface area contributed by atoms with E-state index in [1.54, 1.807) is 13.2 Å². The minimum absolute atomic E-state index is 0.220. The van der Waals surface area contributed by atoms with Crippen LogP contribution >= 0.6 is 15.9 Å². The molecule has 0 saturated heterocycles. The molecule has 0 fully saturated rings. The Bertz CT molecular complexity index is 666. The third kappa shape index (κ3) is 4.20. The molecule has 0 atom stereocenters. The number of benzene rings is 2. The highest BCUT2D eigenvalue weighted by Gasteiger charge is 2.10. The van der Waals surface area contributed by atoms with Crippen molar-refractivity contribution >= 4 is 33.6 Å². The van der Waals surface area contributed by atoms with Crippen LogP contribution in [0.4, 0.5) is 5.69 Å². The molecular weight excluding hydrogens is 330 g/mol. The van der Waals surface area contributed by atoms with Crippen LogP contribution in [0.1, 0.15) is 11.1 Å². The normalized spacial score (nSPS) is 11.1. The number of carbonyl (C=O) groups is 1. The molecule has 0 heterocycles. The number of halogens is 1. The van der Waals surface area contributed by atoms with E-state index in [0.29, 0.717) is 15.9 Å². The van der Waals surface area contributed by atoms with Crippen LogP contribution in [0.2, 0.25) is 0 Å². The molecule has 0 radical (unpaired) electrons. The summed E-state index contributed by atoms with van der Waals surface area (Å²) in [7, 11) is 1.58. The highest BCUT2D eigenvalue weighted by Crippen LogP contribution is 2.26. The Kier molecular flexibility index (Phi) is 5.17. The minimum atomic E-state index is -0.220. The maximum absolute atomic E-state index is 12.2. The quantitative estimate of drug-likeness (QED) is 0.835. The van der Waals surface area contributed by atoms with Gasteiger partial charge in [-0.05, 0) is 52.2 Å². The number of rotatable bonds is 4. The molecule has 0 saturated carbocycles. The van der Waals surface area contributed by atoms with Gasteiger partial charge in [0.25, 0.3) is 5.91 Å². The third-order valence-corrected chi connectivity index (χ3v) is 3.50. The van der Waals surface area contributed by atoms with Gasteiger partial charge >= 0.3 is 0 Å². The van der Waals surface area contributed by atoms with Crippen molar-refractivity contribution in [1.29, 1.82) is 0 Å². The second-order valence-electron chi connectivity index (χ2n) is 4.56. The summed E-state index contributed by atoms with van der Waals surface area (Å²) in [5, 5.41) is 2.84. The smallest absolute Gasteiger partial charge is 0.262 e. The Balaban J connectivity index is 2.18. The monoisotopic (exact) mass is 345 g/mol. The molecule has 2 rings (SSSR count). The standard InChI is InChI=1S/C17H16BrNO2/c1-12-8-9-16(21-2)15(10-12)19-17(20)14(18)11-13-6-4-3-5-7-13/h3-11H,1-2H3,(H,19,20)/b14-11-. The molecule has 0 aliphatic heterocycles. The van der Waals surface area contributed by atoms with Crippen molar-refractivity contribution in [3.8, 4) is 5.75 Å². The fraction of sp³-hybridized carbons (Fsp3) is 0.118. The zero-order valence-electron chi connectivity index (χ0n) is 11.9. The van der Waals surface area contributed by atoms with Gasteiger partial charge in [-0.2, -0.15) is 0 Å². The van der Waals surface area contributed by atoms with Gasteiger partial charge in [0, 0.05) is 0 Å². The first-order valence-electron chi connectivity index (χ1n) is 6.48. The van der Waals surface area contributed by atoms with Crippen molar-refractivity contribution in [3.63, 3.8) is 0 Å². The number of nitrogens with one attached hydrogen (secondary N) is 1. The summed E-state index contributed by atoms with van der Waals surface area (Å²) in [6.45, 7) is 1.96. The predicted octanol–water partition coefficient (Wildman–Crippen LogP) is 4.38. The topological polar surface area (TPSA) is 38.3 Å². The van der Waals surface area contributed by atoms with E-state index in [1.807, 2.05) is 55.5 Å². The first-order chi connectivity index (χ1) is 10.1. The van der Waals surface area contributed by atoms with Crippen molar-refractivity contribution in [1.82, 2.24) is 0 Å². The number of ether oxygens (including phenoxy) is 1. The fourth-order valence-electron chi connectivity index (χ4n) is 1.86. The van der Waals surface area contributed by atoms with E-state index in [1.165, 1.54) is 0 Å². The highest BCUT2D eigenvalue weighted by molar-refractivity contribution is 9.12. The van der Waals surface area contributed by atoms with Crippen molar-refractivity contribution in [2.75, 3.05) is 12.4 Å². The van der Waals surface area contributed by atoms with Crippen molar-refractivity contribution in [2.24, 2.45) is 0 Å². The molecule has 4 heteroatoms. The molecule has 21 heavy (non-hydrogen) atoms. The molecule has 0 bridgehead atoms. The summed E-state index contributed by atoms with van der Waals surface area (Å²) >= 11 is 3.31. The summed E-state index contributed by atoms with van der Waals surface area (Å²) in [6.07, 6.45) is 1.78. The Morgan fingerprint density at radius 3 is 2.57 bits per heavy atom. The summed E-state index contributed by atoms with van der Waals surface area (Å²) in [5.41, 5.74) is 2.66. The van der Waals surface area contributed by atoms with Crippen molar-refractivity contribution in [3.05, 3.63) is 64.1 Å². The van der Waals surface area contributed by atoms with Gasteiger partial charge in [-0.25, -0.2) is 0 Å². The number of carbonyl (C=O) groups excluding carboxylic acids is 1. The van der Waals surface area contributed by atoms with Gasteiger partial charge < -0.3 is 10.1 Å². The van der Waals surface area contributed by atoms with E-state index in [4.69, 9.17) is 4.74 Å². The maximum Gasteiger partial charge on any atom is 0.262 e. The highest BCUT2D eigenvalue weighted by atomic mass is 79.9. The lowest BCUT2D eigenvalue weighted by molar-refractivity contribution is -0.112.